The van der Waals surface area contributed by atoms with Gasteiger partial charge in [-0.15, -0.1) is 0 Å². The molecule has 0 N–H and O–H groups in total. The van der Waals surface area contributed by atoms with Crippen LogP contribution in [0.4, 0.5) is 13.2 Å². The molecule has 1 atom stereocenters. The minimum absolute atomic E-state index is 0.00111. The first-order chi connectivity index (χ1) is 10.8. The molecule has 124 valence electrons. The van der Waals surface area contributed by atoms with Crippen molar-refractivity contribution >= 4 is 11.9 Å². The summed E-state index contributed by atoms with van der Waals surface area (Å²) in [5.74, 6) is -0.739. The number of likely N-dealkylation sites (tertiary alicyclic amines) is 1. The highest BCUT2D eigenvalue weighted by Crippen LogP contribution is 2.36. The molecule has 0 aromatic heterocycles. The molecular formula is C16H16F3NO3. The van der Waals surface area contributed by atoms with Crippen LogP contribution in [0.1, 0.15) is 41.6 Å². The van der Waals surface area contributed by atoms with E-state index in [0.29, 0.717) is 32.2 Å². The van der Waals surface area contributed by atoms with Crippen LogP contribution in [-0.4, -0.2) is 35.5 Å². The number of rotatable bonds is 1. The number of halogens is 3. The van der Waals surface area contributed by atoms with E-state index in [1.807, 2.05) is 0 Å². The number of nitrogens with zero attached hydrogens (tertiary/aromatic N) is 1. The first-order valence-corrected chi connectivity index (χ1v) is 7.48. The number of ether oxygens (including phenoxy) is 1. The van der Waals surface area contributed by atoms with Crippen LogP contribution >= 0.6 is 0 Å². The highest BCUT2D eigenvalue weighted by molar-refractivity contribution is 5.94. The lowest BCUT2D eigenvalue weighted by atomic mass is 9.89. The normalized spacial score (nSPS) is 24.8. The zero-order valence-electron chi connectivity index (χ0n) is 12.4. The third-order valence-corrected chi connectivity index (χ3v) is 4.38. The summed E-state index contributed by atoms with van der Waals surface area (Å²) in [4.78, 5) is 25.4. The van der Waals surface area contributed by atoms with Crippen LogP contribution in [0.2, 0.25) is 0 Å². The van der Waals surface area contributed by atoms with E-state index in [0.717, 1.165) is 12.1 Å². The van der Waals surface area contributed by atoms with E-state index in [4.69, 9.17) is 4.74 Å². The minimum Gasteiger partial charge on any atom is -0.457 e. The van der Waals surface area contributed by atoms with Gasteiger partial charge in [0, 0.05) is 18.5 Å². The standard InChI is InChI=1S/C16H16F3NO3/c17-16(18,19)12-4-1-3-11(9-12)14(22)20-8-2-6-15(10-20)7-5-13(21)23-15/h1,3-4,9H,2,5-8,10H2/t15-/m0/s1. The number of esters is 1. The maximum atomic E-state index is 12.8. The highest BCUT2D eigenvalue weighted by atomic mass is 19.4. The molecule has 1 aromatic rings. The number of benzene rings is 1. The van der Waals surface area contributed by atoms with Crippen LogP contribution in [0.15, 0.2) is 24.3 Å². The number of amides is 1. The minimum atomic E-state index is -4.49. The van der Waals surface area contributed by atoms with Gasteiger partial charge in [-0.05, 0) is 37.5 Å². The van der Waals surface area contributed by atoms with Crippen LogP contribution in [0.25, 0.3) is 0 Å². The predicted octanol–water partition coefficient (Wildman–Crippen LogP) is 3.02. The lowest BCUT2D eigenvalue weighted by Crippen LogP contribution is -2.50. The van der Waals surface area contributed by atoms with Crippen molar-refractivity contribution in [1.29, 1.82) is 0 Å². The molecule has 2 aliphatic rings. The van der Waals surface area contributed by atoms with E-state index in [9.17, 15) is 22.8 Å². The largest absolute Gasteiger partial charge is 0.457 e. The summed E-state index contributed by atoms with van der Waals surface area (Å²) in [5, 5.41) is 0. The topological polar surface area (TPSA) is 46.6 Å². The summed E-state index contributed by atoms with van der Waals surface area (Å²) in [6, 6.07) is 4.41. The first kappa shape index (κ1) is 15.8. The molecule has 3 rings (SSSR count). The van der Waals surface area contributed by atoms with Crippen LogP contribution in [0.5, 0.6) is 0 Å². The predicted molar refractivity (Wildman–Crippen MR) is 74.6 cm³/mol. The monoisotopic (exact) mass is 327 g/mol. The van der Waals surface area contributed by atoms with Gasteiger partial charge in [0.1, 0.15) is 5.60 Å². The molecule has 4 nitrogen and oxygen atoms in total. The quantitative estimate of drug-likeness (QED) is 0.745. The van der Waals surface area contributed by atoms with Gasteiger partial charge in [0.05, 0.1) is 12.1 Å². The molecule has 2 saturated heterocycles. The van der Waals surface area contributed by atoms with Gasteiger partial charge in [-0.1, -0.05) is 6.07 Å². The molecule has 0 bridgehead atoms. The third-order valence-electron chi connectivity index (χ3n) is 4.38. The van der Waals surface area contributed by atoms with Crippen molar-refractivity contribution in [3.63, 3.8) is 0 Å². The second-order valence-electron chi connectivity index (χ2n) is 6.07. The Morgan fingerprint density at radius 3 is 2.70 bits per heavy atom. The van der Waals surface area contributed by atoms with Crippen molar-refractivity contribution in [3.8, 4) is 0 Å². The molecule has 0 unspecified atom stereocenters. The molecule has 1 spiro atoms. The summed E-state index contributed by atoms with van der Waals surface area (Å²) in [7, 11) is 0. The first-order valence-electron chi connectivity index (χ1n) is 7.48. The summed E-state index contributed by atoms with van der Waals surface area (Å²) < 4.78 is 43.7. The molecule has 0 saturated carbocycles. The van der Waals surface area contributed by atoms with Gasteiger partial charge in [-0.2, -0.15) is 13.2 Å². The molecule has 2 heterocycles. The number of carbonyl (C=O) groups is 2. The lowest BCUT2D eigenvalue weighted by Gasteiger charge is -2.39. The van der Waals surface area contributed by atoms with Crippen molar-refractivity contribution in [1.82, 2.24) is 4.90 Å². The fraction of sp³-hybridized carbons (Fsp3) is 0.500. The number of alkyl halides is 3. The van der Waals surface area contributed by atoms with E-state index >= 15 is 0 Å². The Morgan fingerprint density at radius 1 is 1.26 bits per heavy atom. The van der Waals surface area contributed by atoms with Gasteiger partial charge in [-0.3, -0.25) is 9.59 Å². The molecule has 2 fully saturated rings. The Kier molecular flexibility index (Phi) is 3.82. The van der Waals surface area contributed by atoms with Gasteiger partial charge in [0.2, 0.25) is 0 Å². The summed E-state index contributed by atoms with van der Waals surface area (Å²) in [6.07, 6.45) is -2.26. The molecular weight excluding hydrogens is 311 g/mol. The van der Waals surface area contributed by atoms with Crippen LogP contribution in [0, 0.1) is 0 Å². The second-order valence-corrected chi connectivity index (χ2v) is 6.07. The van der Waals surface area contributed by atoms with Crippen molar-refractivity contribution in [2.75, 3.05) is 13.1 Å². The molecule has 1 aromatic carbocycles. The van der Waals surface area contributed by atoms with Crippen LogP contribution in [-0.2, 0) is 15.7 Å². The van der Waals surface area contributed by atoms with Gasteiger partial charge in [-0.25, -0.2) is 0 Å². The average Bonchev–Trinajstić information content (AvgIpc) is 2.86. The summed E-state index contributed by atoms with van der Waals surface area (Å²) in [6.45, 7) is 0.697. The number of hydrogen-bond acceptors (Lipinski definition) is 3. The van der Waals surface area contributed by atoms with Gasteiger partial charge in [0.15, 0.2) is 0 Å². The third kappa shape index (κ3) is 3.18. The molecule has 2 aliphatic heterocycles. The van der Waals surface area contributed by atoms with E-state index in [2.05, 4.69) is 0 Å². The Balaban J connectivity index is 1.79. The fourth-order valence-electron chi connectivity index (χ4n) is 3.24. The van der Waals surface area contributed by atoms with Crippen molar-refractivity contribution in [2.24, 2.45) is 0 Å². The fourth-order valence-corrected chi connectivity index (χ4v) is 3.24. The number of carbonyl (C=O) groups excluding carboxylic acids is 2. The Labute approximate surface area is 131 Å². The van der Waals surface area contributed by atoms with E-state index < -0.39 is 23.2 Å². The van der Waals surface area contributed by atoms with Crippen molar-refractivity contribution in [2.45, 2.75) is 37.5 Å². The maximum Gasteiger partial charge on any atom is 0.416 e. The van der Waals surface area contributed by atoms with Crippen molar-refractivity contribution < 1.29 is 27.5 Å². The zero-order chi connectivity index (χ0) is 16.7. The van der Waals surface area contributed by atoms with E-state index in [1.165, 1.54) is 17.0 Å². The summed E-state index contributed by atoms with van der Waals surface area (Å²) >= 11 is 0. The average molecular weight is 327 g/mol. The van der Waals surface area contributed by atoms with E-state index in [-0.39, 0.29) is 18.1 Å². The summed E-state index contributed by atoms with van der Waals surface area (Å²) in [5.41, 5.74) is -1.50. The number of piperidine rings is 1. The van der Waals surface area contributed by atoms with Gasteiger partial charge in [0.25, 0.3) is 5.91 Å². The molecule has 1 amide bonds. The van der Waals surface area contributed by atoms with E-state index in [1.54, 1.807) is 0 Å². The molecule has 0 radical (unpaired) electrons. The smallest absolute Gasteiger partial charge is 0.416 e. The SMILES string of the molecule is O=C1CC[C@]2(CCCN(C(=O)c3cccc(C(F)(F)F)c3)C2)O1. The van der Waals surface area contributed by atoms with Crippen LogP contribution in [0.3, 0.4) is 0 Å². The molecule has 7 heteroatoms. The van der Waals surface area contributed by atoms with Gasteiger partial charge >= 0.3 is 12.1 Å². The van der Waals surface area contributed by atoms with Crippen LogP contribution < -0.4 is 0 Å². The zero-order valence-corrected chi connectivity index (χ0v) is 12.4. The Morgan fingerprint density at radius 2 is 2.04 bits per heavy atom. The van der Waals surface area contributed by atoms with Crippen molar-refractivity contribution in [3.05, 3.63) is 35.4 Å². The second kappa shape index (κ2) is 5.54. The Bertz CT molecular complexity index is 644. The van der Waals surface area contributed by atoms with Gasteiger partial charge < -0.3 is 9.64 Å². The maximum absolute atomic E-state index is 12.8. The highest BCUT2D eigenvalue weighted by Gasteiger charge is 2.44. The Hall–Kier alpha value is -2.05. The molecule has 0 aliphatic carbocycles. The molecule has 23 heavy (non-hydrogen) atoms. The number of hydrogen-bond donors (Lipinski definition) is 0. The lowest BCUT2D eigenvalue weighted by molar-refractivity contribution is -0.151.